The van der Waals surface area contributed by atoms with Gasteiger partial charge in [0.2, 0.25) is 5.91 Å². The lowest BCUT2D eigenvalue weighted by Gasteiger charge is -2.08. The topological polar surface area (TPSA) is 53.5 Å². The van der Waals surface area contributed by atoms with Gasteiger partial charge in [-0.15, -0.1) is 0 Å². The number of nitrogens with zero attached hydrogens (tertiary/aromatic N) is 1. The van der Waals surface area contributed by atoms with Crippen molar-refractivity contribution < 1.29 is 9.18 Å². The normalized spacial score (nSPS) is 13.4. The standard InChI is InChI=1S/C17H16FN3O/c18-14-6-4-12(5-7-14)10-16(22)21-15-3-1-2-13(11-15)17-19-8-9-20-17/h1-7,11H,8-10H2,(H,19,20)(H,21,22). The molecule has 0 aliphatic carbocycles. The quantitative estimate of drug-likeness (QED) is 0.910. The van der Waals surface area contributed by atoms with E-state index < -0.39 is 0 Å². The molecule has 0 radical (unpaired) electrons. The van der Waals surface area contributed by atoms with Crippen LogP contribution in [0.4, 0.5) is 10.1 Å². The Morgan fingerprint density at radius 1 is 1.23 bits per heavy atom. The SMILES string of the molecule is O=C(Cc1ccc(F)cc1)Nc1cccc(C2=NCCN2)c1. The Morgan fingerprint density at radius 3 is 2.77 bits per heavy atom. The van der Waals surface area contributed by atoms with Crippen LogP contribution in [0.25, 0.3) is 0 Å². The molecule has 112 valence electrons. The third kappa shape index (κ3) is 3.49. The van der Waals surface area contributed by atoms with Gasteiger partial charge in [-0.3, -0.25) is 9.79 Å². The summed E-state index contributed by atoms with van der Waals surface area (Å²) in [4.78, 5) is 16.4. The molecule has 22 heavy (non-hydrogen) atoms. The fourth-order valence-corrected chi connectivity index (χ4v) is 2.33. The Labute approximate surface area is 128 Å². The van der Waals surface area contributed by atoms with Crippen molar-refractivity contribution in [3.63, 3.8) is 0 Å². The summed E-state index contributed by atoms with van der Waals surface area (Å²) < 4.78 is 12.8. The first-order chi connectivity index (χ1) is 10.7. The van der Waals surface area contributed by atoms with Gasteiger partial charge >= 0.3 is 0 Å². The van der Waals surface area contributed by atoms with Crippen molar-refractivity contribution in [2.75, 3.05) is 18.4 Å². The molecule has 0 spiro atoms. The van der Waals surface area contributed by atoms with E-state index >= 15 is 0 Å². The van der Waals surface area contributed by atoms with Crippen LogP contribution in [0, 0.1) is 5.82 Å². The molecule has 1 aliphatic rings. The number of amides is 1. The molecule has 4 nitrogen and oxygen atoms in total. The Kier molecular flexibility index (Phi) is 4.14. The third-order valence-corrected chi connectivity index (χ3v) is 3.37. The van der Waals surface area contributed by atoms with Gasteiger partial charge in [0.1, 0.15) is 11.7 Å². The van der Waals surface area contributed by atoms with Crippen LogP contribution in [0.2, 0.25) is 0 Å². The second-order valence-corrected chi connectivity index (χ2v) is 5.09. The Morgan fingerprint density at radius 2 is 2.05 bits per heavy atom. The van der Waals surface area contributed by atoms with E-state index in [0.29, 0.717) is 0 Å². The summed E-state index contributed by atoms with van der Waals surface area (Å²) >= 11 is 0. The number of nitrogens with one attached hydrogen (secondary N) is 2. The van der Waals surface area contributed by atoms with Gasteiger partial charge in [0.15, 0.2) is 0 Å². The lowest BCUT2D eigenvalue weighted by atomic mass is 10.1. The summed E-state index contributed by atoms with van der Waals surface area (Å²) in [6.07, 6.45) is 0.212. The van der Waals surface area contributed by atoms with Gasteiger partial charge < -0.3 is 10.6 Å². The predicted molar refractivity (Wildman–Crippen MR) is 84.6 cm³/mol. The average Bonchev–Trinajstić information content (AvgIpc) is 3.04. The van der Waals surface area contributed by atoms with Crippen molar-refractivity contribution in [2.24, 2.45) is 4.99 Å². The number of aliphatic imine (C=N–C) groups is 1. The van der Waals surface area contributed by atoms with E-state index in [1.807, 2.05) is 24.3 Å². The van der Waals surface area contributed by atoms with Gasteiger partial charge in [0.05, 0.1) is 13.0 Å². The summed E-state index contributed by atoms with van der Waals surface area (Å²) in [5.74, 6) is 0.418. The molecule has 0 unspecified atom stereocenters. The van der Waals surface area contributed by atoms with Crippen LogP contribution in [-0.4, -0.2) is 24.8 Å². The molecule has 0 saturated heterocycles. The summed E-state index contributed by atoms with van der Waals surface area (Å²) in [5.41, 5.74) is 2.45. The molecule has 0 aromatic heterocycles. The lowest BCUT2D eigenvalue weighted by molar-refractivity contribution is -0.115. The van der Waals surface area contributed by atoms with Crippen LogP contribution in [0.3, 0.4) is 0 Å². The van der Waals surface area contributed by atoms with Crippen LogP contribution >= 0.6 is 0 Å². The van der Waals surface area contributed by atoms with Crippen LogP contribution in [0.1, 0.15) is 11.1 Å². The fraction of sp³-hybridized carbons (Fsp3) is 0.176. The molecule has 0 saturated carbocycles. The zero-order valence-electron chi connectivity index (χ0n) is 12.0. The van der Waals surface area contributed by atoms with Gasteiger partial charge in [-0.1, -0.05) is 24.3 Å². The Hall–Kier alpha value is -2.69. The molecule has 1 aliphatic heterocycles. The number of carbonyl (C=O) groups excluding carboxylic acids is 1. The number of hydrogen-bond donors (Lipinski definition) is 2. The molecular formula is C17H16FN3O. The van der Waals surface area contributed by atoms with Gasteiger partial charge in [-0.2, -0.15) is 0 Å². The van der Waals surface area contributed by atoms with Crippen molar-refractivity contribution in [3.05, 3.63) is 65.5 Å². The molecule has 2 aromatic carbocycles. The number of amidine groups is 1. The van der Waals surface area contributed by atoms with E-state index in [0.717, 1.165) is 35.7 Å². The number of benzene rings is 2. The van der Waals surface area contributed by atoms with Crippen molar-refractivity contribution in [1.29, 1.82) is 0 Å². The van der Waals surface area contributed by atoms with Crippen LogP contribution in [0.15, 0.2) is 53.5 Å². The van der Waals surface area contributed by atoms with Gasteiger partial charge in [-0.05, 0) is 29.8 Å². The van der Waals surface area contributed by atoms with E-state index in [1.54, 1.807) is 12.1 Å². The first kappa shape index (κ1) is 14.3. The molecule has 0 fully saturated rings. The zero-order chi connectivity index (χ0) is 15.4. The molecule has 0 atom stereocenters. The second kappa shape index (κ2) is 6.39. The van der Waals surface area contributed by atoms with Gasteiger partial charge in [0, 0.05) is 17.8 Å². The number of rotatable bonds is 4. The Balaban J connectivity index is 1.66. The number of anilines is 1. The van der Waals surface area contributed by atoms with Crippen molar-refractivity contribution in [3.8, 4) is 0 Å². The number of halogens is 1. The molecule has 2 N–H and O–H groups in total. The summed E-state index contributed by atoms with van der Waals surface area (Å²) in [7, 11) is 0. The van der Waals surface area contributed by atoms with E-state index in [9.17, 15) is 9.18 Å². The molecular weight excluding hydrogens is 281 g/mol. The zero-order valence-corrected chi connectivity index (χ0v) is 12.0. The first-order valence-corrected chi connectivity index (χ1v) is 7.14. The highest BCUT2D eigenvalue weighted by Crippen LogP contribution is 2.13. The molecule has 1 heterocycles. The minimum Gasteiger partial charge on any atom is -0.368 e. The average molecular weight is 297 g/mol. The Bertz CT molecular complexity index is 710. The first-order valence-electron chi connectivity index (χ1n) is 7.14. The monoisotopic (exact) mass is 297 g/mol. The highest BCUT2D eigenvalue weighted by molar-refractivity contribution is 6.01. The minimum absolute atomic E-state index is 0.134. The second-order valence-electron chi connectivity index (χ2n) is 5.09. The van der Waals surface area contributed by atoms with E-state index in [4.69, 9.17) is 0 Å². The third-order valence-electron chi connectivity index (χ3n) is 3.37. The van der Waals surface area contributed by atoms with E-state index in [1.165, 1.54) is 12.1 Å². The van der Waals surface area contributed by atoms with E-state index in [-0.39, 0.29) is 18.1 Å². The maximum absolute atomic E-state index is 12.8. The smallest absolute Gasteiger partial charge is 0.228 e. The largest absolute Gasteiger partial charge is 0.368 e. The van der Waals surface area contributed by atoms with Gasteiger partial charge in [0.25, 0.3) is 0 Å². The van der Waals surface area contributed by atoms with Crippen LogP contribution in [-0.2, 0) is 11.2 Å². The predicted octanol–water partition coefficient (Wildman–Crippen LogP) is 2.36. The summed E-state index contributed by atoms with van der Waals surface area (Å²) in [6, 6.07) is 13.5. The molecule has 5 heteroatoms. The van der Waals surface area contributed by atoms with E-state index in [2.05, 4.69) is 15.6 Å². The molecule has 3 rings (SSSR count). The fourth-order valence-electron chi connectivity index (χ4n) is 2.33. The van der Waals surface area contributed by atoms with Gasteiger partial charge in [-0.25, -0.2) is 4.39 Å². The molecule has 2 aromatic rings. The number of hydrogen-bond acceptors (Lipinski definition) is 3. The summed E-state index contributed by atoms with van der Waals surface area (Å²) in [5, 5.41) is 6.05. The summed E-state index contributed by atoms with van der Waals surface area (Å²) in [6.45, 7) is 1.62. The van der Waals surface area contributed by atoms with Crippen molar-refractivity contribution in [2.45, 2.75) is 6.42 Å². The maximum atomic E-state index is 12.8. The molecule has 1 amide bonds. The van der Waals surface area contributed by atoms with Crippen molar-refractivity contribution in [1.82, 2.24) is 5.32 Å². The minimum atomic E-state index is -0.304. The van der Waals surface area contributed by atoms with Crippen LogP contribution in [0.5, 0.6) is 0 Å². The lowest BCUT2D eigenvalue weighted by Crippen LogP contribution is -2.20. The van der Waals surface area contributed by atoms with Crippen molar-refractivity contribution >= 4 is 17.4 Å². The molecule has 0 bridgehead atoms. The highest BCUT2D eigenvalue weighted by atomic mass is 19.1. The van der Waals surface area contributed by atoms with Crippen LogP contribution < -0.4 is 10.6 Å². The maximum Gasteiger partial charge on any atom is 0.228 e. The highest BCUT2D eigenvalue weighted by Gasteiger charge is 2.09. The number of carbonyl (C=O) groups is 1.